The zero-order valence-electron chi connectivity index (χ0n) is 14.3. The van der Waals surface area contributed by atoms with Crippen LogP contribution in [-0.2, 0) is 14.3 Å². The van der Waals surface area contributed by atoms with Crippen LogP contribution in [0.4, 0.5) is 5.95 Å². The van der Waals surface area contributed by atoms with E-state index in [4.69, 9.17) is 21.1 Å². The third-order valence-electron chi connectivity index (χ3n) is 4.62. The normalized spacial score (nSPS) is 22.1. The monoisotopic (exact) mass is 374 g/mol. The number of nitrogens with one attached hydrogen (secondary N) is 1. The molecular formula is C18H19ClN4O3. The minimum absolute atomic E-state index is 0.0210. The number of carbonyl (C=O) groups is 1. The summed E-state index contributed by atoms with van der Waals surface area (Å²) in [6, 6.07) is 6.91. The minimum Gasteiger partial charge on any atom is -0.459 e. The Balaban J connectivity index is 1.65. The molecule has 8 heteroatoms. The maximum atomic E-state index is 12.9. The minimum atomic E-state index is -0.428. The van der Waals surface area contributed by atoms with Crippen LogP contribution in [-0.4, -0.2) is 40.1 Å². The largest absolute Gasteiger partial charge is 0.459 e. The van der Waals surface area contributed by atoms with Crippen LogP contribution in [0.25, 0.3) is 0 Å². The number of allylic oxidation sites excluding steroid dienone is 1. The van der Waals surface area contributed by atoms with Crippen LogP contribution in [0.2, 0.25) is 5.02 Å². The molecule has 1 N–H and O–H groups in total. The number of fused-ring (bicyclic) bond motifs is 1. The lowest BCUT2D eigenvalue weighted by atomic mass is 9.96. The second-order valence-corrected chi connectivity index (χ2v) is 6.82. The Labute approximate surface area is 156 Å². The zero-order chi connectivity index (χ0) is 18.1. The Morgan fingerprint density at radius 2 is 2.23 bits per heavy atom. The number of rotatable bonds is 4. The molecule has 0 radical (unpaired) electrons. The third-order valence-corrected chi connectivity index (χ3v) is 4.88. The van der Waals surface area contributed by atoms with E-state index in [-0.39, 0.29) is 18.7 Å². The molecule has 2 aromatic rings. The molecule has 0 amide bonds. The van der Waals surface area contributed by atoms with Gasteiger partial charge in [0.1, 0.15) is 19.0 Å². The van der Waals surface area contributed by atoms with Crippen molar-refractivity contribution in [2.24, 2.45) is 0 Å². The van der Waals surface area contributed by atoms with E-state index >= 15 is 0 Å². The fourth-order valence-electron chi connectivity index (χ4n) is 3.33. The summed E-state index contributed by atoms with van der Waals surface area (Å²) >= 11 is 6.02. The van der Waals surface area contributed by atoms with Crippen LogP contribution in [0, 0.1) is 0 Å². The first-order valence-corrected chi connectivity index (χ1v) is 8.93. The highest BCUT2D eigenvalue weighted by atomic mass is 35.5. The number of hydrogen-bond acceptors (Lipinski definition) is 6. The molecule has 0 aliphatic carbocycles. The number of esters is 1. The number of anilines is 1. The molecule has 0 bridgehead atoms. The van der Waals surface area contributed by atoms with Gasteiger partial charge in [0, 0.05) is 17.3 Å². The van der Waals surface area contributed by atoms with Gasteiger partial charge in [-0.15, -0.1) is 0 Å². The summed E-state index contributed by atoms with van der Waals surface area (Å²) in [6.45, 7) is 2.82. The van der Waals surface area contributed by atoms with Gasteiger partial charge in [0.2, 0.25) is 5.95 Å². The summed E-state index contributed by atoms with van der Waals surface area (Å²) in [7, 11) is 0. The van der Waals surface area contributed by atoms with E-state index in [0.717, 1.165) is 25.0 Å². The topological polar surface area (TPSA) is 78.3 Å². The Bertz CT molecular complexity index is 840. The fourth-order valence-corrected chi connectivity index (χ4v) is 3.46. The lowest BCUT2D eigenvalue weighted by Gasteiger charge is -2.28. The van der Waals surface area contributed by atoms with Gasteiger partial charge in [-0.05, 0) is 37.5 Å². The number of benzene rings is 1. The van der Waals surface area contributed by atoms with E-state index in [1.54, 1.807) is 16.8 Å². The molecule has 1 fully saturated rings. The van der Waals surface area contributed by atoms with Crippen molar-refractivity contribution in [1.82, 2.24) is 14.8 Å². The number of halogens is 1. The molecule has 7 nitrogen and oxygen atoms in total. The molecule has 0 spiro atoms. The van der Waals surface area contributed by atoms with Gasteiger partial charge >= 0.3 is 5.97 Å². The summed E-state index contributed by atoms with van der Waals surface area (Å²) in [6.07, 6.45) is 3.35. The number of nitrogens with zero attached hydrogens (tertiary/aromatic N) is 3. The summed E-state index contributed by atoms with van der Waals surface area (Å²) in [5, 5.41) is 8.04. The van der Waals surface area contributed by atoms with Crippen LogP contribution >= 0.6 is 11.6 Å². The second kappa shape index (κ2) is 7.09. The Hall–Kier alpha value is -2.38. The lowest BCUT2D eigenvalue weighted by molar-refractivity contribution is -0.142. The van der Waals surface area contributed by atoms with Crippen molar-refractivity contribution in [3.63, 3.8) is 0 Å². The van der Waals surface area contributed by atoms with Gasteiger partial charge in [-0.1, -0.05) is 23.7 Å². The lowest BCUT2D eigenvalue weighted by Crippen LogP contribution is -2.30. The van der Waals surface area contributed by atoms with Gasteiger partial charge < -0.3 is 14.8 Å². The van der Waals surface area contributed by atoms with Crippen LogP contribution in [0.15, 0.2) is 41.9 Å². The zero-order valence-corrected chi connectivity index (χ0v) is 15.1. The number of hydrogen-bond donors (Lipinski definition) is 1. The van der Waals surface area contributed by atoms with Gasteiger partial charge in [-0.3, -0.25) is 0 Å². The SMILES string of the molecule is CC1=C(C(=O)OC[C@@H]2CCCO2)[C@H](c2ccc(Cl)cc2)n2ncnc2N1. The van der Waals surface area contributed by atoms with E-state index in [9.17, 15) is 4.79 Å². The molecule has 3 heterocycles. The standard InChI is InChI=1S/C18H19ClN4O3/c1-11-15(17(24)26-9-14-3-2-8-25-14)16(12-4-6-13(19)7-5-12)23-18(22-11)20-10-21-23/h4-7,10,14,16H,2-3,8-9H2,1H3,(H,20,21,22)/t14-,16-/m0/s1. The van der Waals surface area contributed by atoms with Crippen molar-refractivity contribution >= 4 is 23.5 Å². The predicted octanol–water partition coefficient (Wildman–Crippen LogP) is 2.94. The predicted molar refractivity (Wildman–Crippen MR) is 95.9 cm³/mol. The molecule has 1 saturated heterocycles. The average Bonchev–Trinajstić information content (AvgIpc) is 3.30. The number of carbonyl (C=O) groups excluding carboxylic acids is 1. The molecule has 1 aromatic heterocycles. The van der Waals surface area contributed by atoms with Crippen molar-refractivity contribution in [3.8, 4) is 0 Å². The summed E-state index contributed by atoms with van der Waals surface area (Å²) in [4.78, 5) is 17.1. The highest BCUT2D eigenvalue weighted by Crippen LogP contribution is 2.35. The van der Waals surface area contributed by atoms with Crippen molar-refractivity contribution in [1.29, 1.82) is 0 Å². The van der Waals surface area contributed by atoms with E-state index in [2.05, 4.69) is 15.4 Å². The second-order valence-electron chi connectivity index (χ2n) is 6.38. The number of aromatic nitrogens is 3. The summed E-state index contributed by atoms with van der Waals surface area (Å²) in [5.41, 5.74) is 2.08. The maximum Gasteiger partial charge on any atom is 0.338 e. The molecule has 2 atom stereocenters. The first kappa shape index (κ1) is 17.1. The molecular weight excluding hydrogens is 356 g/mol. The summed E-state index contributed by atoms with van der Waals surface area (Å²) < 4.78 is 12.8. The Morgan fingerprint density at radius 1 is 1.42 bits per heavy atom. The molecule has 26 heavy (non-hydrogen) atoms. The van der Waals surface area contributed by atoms with Gasteiger partial charge in [0.05, 0.1) is 11.7 Å². The van der Waals surface area contributed by atoms with E-state index in [1.165, 1.54) is 6.33 Å². The Kier molecular flexibility index (Phi) is 4.65. The molecule has 2 aliphatic rings. The highest BCUT2D eigenvalue weighted by molar-refractivity contribution is 6.30. The fraction of sp³-hybridized carbons (Fsp3) is 0.389. The smallest absolute Gasteiger partial charge is 0.338 e. The molecule has 2 aliphatic heterocycles. The van der Waals surface area contributed by atoms with Crippen LogP contribution in [0.3, 0.4) is 0 Å². The summed E-state index contributed by atoms with van der Waals surface area (Å²) in [5.74, 6) is 0.199. The Morgan fingerprint density at radius 3 is 2.96 bits per heavy atom. The van der Waals surface area contributed by atoms with Gasteiger partial charge in [0.15, 0.2) is 0 Å². The van der Waals surface area contributed by atoms with Crippen LogP contribution in [0.5, 0.6) is 0 Å². The molecule has 0 saturated carbocycles. The van der Waals surface area contributed by atoms with Crippen LogP contribution < -0.4 is 5.32 Å². The van der Waals surface area contributed by atoms with E-state index in [0.29, 0.717) is 22.2 Å². The van der Waals surface area contributed by atoms with Gasteiger partial charge in [-0.25, -0.2) is 9.48 Å². The van der Waals surface area contributed by atoms with Gasteiger partial charge in [0.25, 0.3) is 0 Å². The van der Waals surface area contributed by atoms with E-state index in [1.807, 2.05) is 19.1 Å². The van der Waals surface area contributed by atoms with Crippen molar-refractivity contribution in [2.45, 2.75) is 31.9 Å². The van der Waals surface area contributed by atoms with Crippen LogP contribution in [0.1, 0.15) is 31.4 Å². The van der Waals surface area contributed by atoms with E-state index < -0.39 is 6.04 Å². The molecule has 136 valence electrons. The number of ether oxygens (including phenoxy) is 2. The average molecular weight is 375 g/mol. The van der Waals surface area contributed by atoms with Crippen molar-refractivity contribution < 1.29 is 14.3 Å². The third kappa shape index (κ3) is 3.20. The first-order valence-electron chi connectivity index (χ1n) is 8.55. The quantitative estimate of drug-likeness (QED) is 0.829. The maximum absolute atomic E-state index is 12.9. The highest BCUT2D eigenvalue weighted by Gasteiger charge is 2.34. The molecule has 0 unspecified atom stereocenters. The van der Waals surface area contributed by atoms with Gasteiger partial charge in [-0.2, -0.15) is 10.1 Å². The van der Waals surface area contributed by atoms with Crippen molar-refractivity contribution in [2.75, 3.05) is 18.5 Å². The molecule has 1 aromatic carbocycles. The van der Waals surface area contributed by atoms with Crippen molar-refractivity contribution in [3.05, 3.63) is 52.4 Å². The first-order chi connectivity index (χ1) is 12.6. The molecule has 4 rings (SSSR count).